The van der Waals surface area contributed by atoms with Crippen molar-refractivity contribution in [2.75, 3.05) is 6.54 Å². The van der Waals surface area contributed by atoms with E-state index in [-0.39, 0.29) is 17.0 Å². The Morgan fingerprint density at radius 3 is 2.62 bits per heavy atom. The molecule has 1 fully saturated rings. The number of carbonyl (C=O) groups excluding carboxylic acids is 1. The van der Waals surface area contributed by atoms with Crippen LogP contribution in [0.2, 0.25) is 0 Å². The number of hydrogen-bond donors (Lipinski definition) is 1. The van der Waals surface area contributed by atoms with Crippen molar-refractivity contribution in [3.05, 3.63) is 69.5 Å². The third-order valence-corrected chi connectivity index (χ3v) is 4.71. The average Bonchev–Trinajstić information content (AvgIpc) is 3.02. The molecule has 1 aliphatic rings. The molecule has 1 saturated carbocycles. The molecule has 0 bridgehead atoms. The summed E-state index contributed by atoms with van der Waals surface area (Å²) in [4.78, 5) is 23.8. The van der Waals surface area contributed by atoms with Gasteiger partial charge in [0.15, 0.2) is 11.2 Å². The molecule has 0 spiro atoms. The zero-order valence-electron chi connectivity index (χ0n) is 13.6. The number of benzene rings is 1. The zero-order valence-corrected chi connectivity index (χ0v) is 13.6. The summed E-state index contributed by atoms with van der Waals surface area (Å²) in [6, 6.07) is 9.24. The highest BCUT2D eigenvalue weighted by molar-refractivity contribution is 5.91. The second-order valence-electron chi connectivity index (χ2n) is 6.42. The Balaban J connectivity index is 1.81. The van der Waals surface area contributed by atoms with Crippen molar-refractivity contribution in [2.45, 2.75) is 38.0 Å². The van der Waals surface area contributed by atoms with E-state index in [1.54, 1.807) is 19.1 Å². The van der Waals surface area contributed by atoms with Gasteiger partial charge in [-0.25, -0.2) is 4.39 Å². The van der Waals surface area contributed by atoms with Gasteiger partial charge < -0.3 is 9.73 Å². The third-order valence-electron chi connectivity index (χ3n) is 4.71. The lowest BCUT2D eigenvalue weighted by atomic mass is 9.78. The van der Waals surface area contributed by atoms with Gasteiger partial charge in [-0.2, -0.15) is 0 Å². The highest BCUT2D eigenvalue weighted by Gasteiger charge is 2.38. The van der Waals surface area contributed by atoms with E-state index < -0.39 is 11.3 Å². The summed E-state index contributed by atoms with van der Waals surface area (Å²) < 4.78 is 19.6. The maximum Gasteiger partial charge on any atom is 0.287 e. The van der Waals surface area contributed by atoms with Gasteiger partial charge in [0.2, 0.25) is 0 Å². The topological polar surface area (TPSA) is 59.3 Å². The molecule has 1 aliphatic carbocycles. The SMILES string of the molecule is Cc1cc(=O)cc(C(=O)NCC2(c3ccccc3F)CCCC2)o1. The van der Waals surface area contributed by atoms with Crippen molar-refractivity contribution in [1.82, 2.24) is 5.32 Å². The molecule has 1 aromatic carbocycles. The average molecular weight is 329 g/mol. The van der Waals surface area contributed by atoms with Gasteiger partial charge in [0.05, 0.1) is 0 Å². The minimum Gasteiger partial charge on any atom is -0.456 e. The van der Waals surface area contributed by atoms with Crippen LogP contribution in [0.3, 0.4) is 0 Å². The number of halogens is 1. The quantitative estimate of drug-likeness (QED) is 0.936. The summed E-state index contributed by atoms with van der Waals surface area (Å²) in [5.41, 5.74) is -0.0208. The Hall–Kier alpha value is -2.43. The van der Waals surface area contributed by atoms with Crippen molar-refractivity contribution in [3.63, 3.8) is 0 Å². The van der Waals surface area contributed by atoms with Gasteiger partial charge in [-0.05, 0) is 31.4 Å². The monoisotopic (exact) mass is 329 g/mol. The summed E-state index contributed by atoms with van der Waals surface area (Å²) in [5.74, 6) is -0.312. The Morgan fingerprint density at radius 1 is 1.25 bits per heavy atom. The third kappa shape index (κ3) is 3.25. The molecule has 0 saturated heterocycles. The van der Waals surface area contributed by atoms with Crippen molar-refractivity contribution >= 4 is 5.91 Å². The van der Waals surface area contributed by atoms with Gasteiger partial charge >= 0.3 is 0 Å². The molecular weight excluding hydrogens is 309 g/mol. The minimum atomic E-state index is -0.446. The van der Waals surface area contributed by atoms with E-state index in [1.807, 2.05) is 6.07 Å². The second-order valence-corrected chi connectivity index (χ2v) is 6.42. The van der Waals surface area contributed by atoms with E-state index >= 15 is 0 Å². The van der Waals surface area contributed by atoms with Crippen LogP contribution in [-0.2, 0) is 5.41 Å². The van der Waals surface area contributed by atoms with Crippen LogP contribution >= 0.6 is 0 Å². The van der Waals surface area contributed by atoms with E-state index in [0.29, 0.717) is 17.9 Å². The summed E-state index contributed by atoms with van der Waals surface area (Å²) in [7, 11) is 0. The summed E-state index contributed by atoms with van der Waals surface area (Å²) in [6.07, 6.45) is 3.66. The Bertz CT molecular complexity index is 806. The van der Waals surface area contributed by atoms with E-state index in [0.717, 1.165) is 25.7 Å². The maximum absolute atomic E-state index is 14.3. The molecule has 0 aliphatic heterocycles. The first-order valence-electron chi connectivity index (χ1n) is 8.15. The highest BCUT2D eigenvalue weighted by atomic mass is 19.1. The Kier molecular flexibility index (Phi) is 4.51. The fourth-order valence-electron chi connectivity index (χ4n) is 3.54. The minimum absolute atomic E-state index is 0.0123. The zero-order chi connectivity index (χ0) is 17.2. The van der Waals surface area contributed by atoms with Gasteiger partial charge in [0, 0.05) is 24.1 Å². The molecule has 0 unspecified atom stereocenters. The van der Waals surface area contributed by atoms with Crippen molar-refractivity contribution in [3.8, 4) is 0 Å². The molecule has 5 heteroatoms. The second kappa shape index (κ2) is 6.59. The van der Waals surface area contributed by atoms with Crippen LogP contribution in [0.4, 0.5) is 4.39 Å². The molecule has 126 valence electrons. The smallest absolute Gasteiger partial charge is 0.287 e. The fourth-order valence-corrected chi connectivity index (χ4v) is 3.54. The molecule has 24 heavy (non-hydrogen) atoms. The number of rotatable bonds is 4. The van der Waals surface area contributed by atoms with E-state index in [4.69, 9.17) is 4.42 Å². The standard InChI is InChI=1S/C19H20FNO3/c1-13-10-14(22)11-17(24-13)18(23)21-12-19(8-4-5-9-19)15-6-2-3-7-16(15)20/h2-3,6-7,10-11H,4-5,8-9,12H2,1H3,(H,21,23). The predicted octanol–water partition coefficient (Wildman–Crippen LogP) is 3.33. The maximum atomic E-state index is 14.3. The Morgan fingerprint density at radius 2 is 1.96 bits per heavy atom. The molecule has 0 radical (unpaired) electrons. The normalized spacial score (nSPS) is 16.1. The highest BCUT2D eigenvalue weighted by Crippen LogP contribution is 2.41. The molecule has 1 aromatic heterocycles. The number of amides is 1. The number of hydrogen-bond acceptors (Lipinski definition) is 3. The predicted molar refractivity (Wildman–Crippen MR) is 88.6 cm³/mol. The van der Waals surface area contributed by atoms with Crippen LogP contribution in [0.1, 0.15) is 47.6 Å². The first kappa shape index (κ1) is 16.4. The molecule has 2 aromatic rings. The van der Waals surface area contributed by atoms with Crippen LogP contribution in [0.15, 0.2) is 45.6 Å². The van der Waals surface area contributed by atoms with Gasteiger partial charge in [0.25, 0.3) is 5.91 Å². The summed E-state index contributed by atoms with van der Waals surface area (Å²) in [5, 5.41) is 2.82. The fraction of sp³-hybridized carbons (Fsp3) is 0.368. The molecule has 1 N–H and O–H groups in total. The number of carbonyl (C=O) groups is 1. The molecule has 3 rings (SSSR count). The van der Waals surface area contributed by atoms with E-state index in [2.05, 4.69) is 5.32 Å². The van der Waals surface area contributed by atoms with Gasteiger partial charge in [0.1, 0.15) is 11.6 Å². The lowest BCUT2D eigenvalue weighted by molar-refractivity contribution is 0.0910. The molecular formula is C19H20FNO3. The lowest BCUT2D eigenvalue weighted by Crippen LogP contribution is -2.39. The van der Waals surface area contributed by atoms with Crippen molar-refractivity contribution < 1.29 is 13.6 Å². The van der Waals surface area contributed by atoms with Crippen LogP contribution in [0, 0.1) is 12.7 Å². The summed E-state index contributed by atoms with van der Waals surface area (Å²) >= 11 is 0. The number of nitrogens with one attached hydrogen (secondary N) is 1. The summed E-state index contributed by atoms with van der Waals surface area (Å²) in [6.45, 7) is 1.94. The van der Waals surface area contributed by atoms with Gasteiger partial charge in [-0.1, -0.05) is 31.0 Å². The van der Waals surface area contributed by atoms with Crippen LogP contribution in [0.25, 0.3) is 0 Å². The first-order valence-corrected chi connectivity index (χ1v) is 8.15. The molecule has 4 nitrogen and oxygen atoms in total. The first-order chi connectivity index (χ1) is 11.5. The van der Waals surface area contributed by atoms with Gasteiger partial charge in [-0.3, -0.25) is 9.59 Å². The number of aryl methyl sites for hydroxylation is 1. The Labute approximate surface area is 139 Å². The molecule has 1 amide bonds. The largest absolute Gasteiger partial charge is 0.456 e. The van der Waals surface area contributed by atoms with E-state index in [1.165, 1.54) is 18.2 Å². The van der Waals surface area contributed by atoms with Crippen molar-refractivity contribution in [2.24, 2.45) is 0 Å². The van der Waals surface area contributed by atoms with Crippen molar-refractivity contribution in [1.29, 1.82) is 0 Å². The van der Waals surface area contributed by atoms with Crippen LogP contribution < -0.4 is 10.7 Å². The van der Waals surface area contributed by atoms with E-state index in [9.17, 15) is 14.0 Å². The molecule has 0 atom stereocenters. The van der Waals surface area contributed by atoms with Crippen LogP contribution in [-0.4, -0.2) is 12.5 Å². The molecule has 1 heterocycles. The van der Waals surface area contributed by atoms with Gasteiger partial charge in [-0.15, -0.1) is 0 Å². The van der Waals surface area contributed by atoms with Crippen LogP contribution in [0.5, 0.6) is 0 Å². The lowest BCUT2D eigenvalue weighted by Gasteiger charge is -2.30.